The van der Waals surface area contributed by atoms with Crippen molar-refractivity contribution in [3.63, 3.8) is 0 Å². The van der Waals surface area contributed by atoms with Crippen LogP contribution >= 0.6 is 0 Å². The van der Waals surface area contributed by atoms with Crippen molar-refractivity contribution in [3.05, 3.63) is 237 Å². The summed E-state index contributed by atoms with van der Waals surface area (Å²) >= 11 is 0. The van der Waals surface area contributed by atoms with Gasteiger partial charge in [0, 0.05) is 33.2 Å². The minimum Gasteiger partial charge on any atom is -0.309 e. The molecule has 0 atom stereocenters. The molecule has 9 aromatic carbocycles. The minimum atomic E-state index is 0.699. The summed E-state index contributed by atoms with van der Waals surface area (Å²) in [5.74, 6) is 0.699. The first-order valence-electron chi connectivity index (χ1n) is 20.7. The molecule has 0 aliphatic carbocycles. The molecule has 0 N–H and O–H groups in total. The van der Waals surface area contributed by atoms with Crippen molar-refractivity contribution in [3.8, 4) is 84.1 Å². The van der Waals surface area contributed by atoms with Crippen LogP contribution in [-0.4, -0.2) is 14.5 Å². The van der Waals surface area contributed by atoms with E-state index in [1.165, 1.54) is 44.1 Å². The summed E-state index contributed by atoms with van der Waals surface area (Å²) in [7, 11) is 0. The molecule has 0 aliphatic heterocycles. The third-order valence-corrected chi connectivity index (χ3v) is 11.6. The second kappa shape index (κ2) is 15.6. The standard InChI is InChI=1S/C58H39N3/c1-4-14-40(15-5-1)41-24-28-44(29-25-41)48-36-49(38-50(37-48)55-39-54(46-16-6-2-7-17-46)59-58(60-55)47-18-8-3-9-19-47)45-30-26-42(27-31-45)43-32-34-51(35-33-43)61-56-22-12-10-20-52(56)53-21-11-13-23-57(53)61/h1-39H. The SMILES string of the molecule is c1ccc(-c2ccc(-c3cc(-c4ccc(-c5ccc(-n6c7ccccc7c7ccccc76)cc5)cc4)cc(-c4cc(-c5ccccc5)nc(-c5ccccc5)n4)c3)cc2)cc1. The van der Waals surface area contributed by atoms with Gasteiger partial charge in [-0.15, -0.1) is 0 Å². The highest BCUT2D eigenvalue weighted by molar-refractivity contribution is 6.09. The number of hydrogen-bond acceptors (Lipinski definition) is 2. The van der Waals surface area contributed by atoms with Gasteiger partial charge in [0.1, 0.15) is 0 Å². The van der Waals surface area contributed by atoms with Gasteiger partial charge < -0.3 is 4.57 Å². The molecule has 0 spiro atoms. The molecular weight excluding hydrogens is 739 g/mol. The lowest BCUT2D eigenvalue weighted by atomic mass is 9.93. The van der Waals surface area contributed by atoms with Crippen LogP contribution in [0.1, 0.15) is 0 Å². The zero-order valence-corrected chi connectivity index (χ0v) is 33.4. The van der Waals surface area contributed by atoms with Crippen molar-refractivity contribution in [2.24, 2.45) is 0 Å². The Kier molecular flexibility index (Phi) is 9.18. The van der Waals surface area contributed by atoms with Crippen LogP contribution in [-0.2, 0) is 0 Å². The van der Waals surface area contributed by atoms with E-state index in [2.05, 4.69) is 217 Å². The van der Waals surface area contributed by atoms with Gasteiger partial charge in [-0.05, 0) is 93.0 Å². The molecule has 2 aromatic heterocycles. The van der Waals surface area contributed by atoms with E-state index < -0.39 is 0 Å². The van der Waals surface area contributed by atoms with E-state index in [0.717, 1.165) is 56.0 Å². The van der Waals surface area contributed by atoms with Gasteiger partial charge in [0.15, 0.2) is 5.82 Å². The summed E-state index contributed by atoms with van der Waals surface area (Å²) in [5.41, 5.74) is 17.6. The third kappa shape index (κ3) is 6.98. The second-order valence-corrected chi connectivity index (χ2v) is 15.4. The Morgan fingerprint density at radius 2 is 0.590 bits per heavy atom. The van der Waals surface area contributed by atoms with Gasteiger partial charge >= 0.3 is 0 Å². The largest absolute Gasteiger partial charge is 0.309 e. The molecule has 0 saturated carbocycles. The second-order valence-electron chi connectivity index (χ2n) is 15.4. The molecule has 11 aromatic rings. The van der Waals surface area contributed by atoms with Crippen LogP contribution in [0.5, 0.6) is 0 Å². The van der Waals surface area contributed by atoms with Crippen LogP contribution in [0.25, 0.3) is 106 Å². The topological polar surface area (TPSA) is 30.7 Å². The van der Waals surface area contributed by atoms with E-state index in [0.29, 0.717) is 5.82 Å². The fraction of sp³-hybridized carbons (Fsp3) is 0. The van der Waals surface area contributed by atoms with Crippen molar-refractivity contribution in [1.82, 2.24) is 14.5 Å². The van der Waals surface area contributed by atoms with E-state index in [-0.39, 0.29) is 0 Å². The number of benzene rings is 9. The van der Waals surface area contributed by atoms with Gasteiger partial charge in [0.2, 0.25) is 0 Å². The first-order valence-corrected chi connectivity index (χ1v) is 20.7. The third-order valence-electron chi connectivity index (χ3n) is 11.6. The highest BCUT2D eigenvalue weighted by Crippen LogP contribution is 2.37. The lowest BCUT2D eigenvalue weighted by molar-refractivity contribution is 1.18. The zero-order chi connectivity index (χ0) is 40.5. The Labute approximate surface area is 355 Å². The minimum absolute atomic E-state index is 0.699. The summed E-state index contributed by atoms with van der Waals surface area (Å²) < 4.78 is 2.36. The Balaban J connectivity index is 0.990. The van der Waals surface area contributed by atoms with E-state index in [4.69, 9.17) is 9.97 Å². The van der Waals surface area contributed by atoms with Crippen molar-refractivity contribution >= 4 is 21.8 Å². The predicted molar refractivity (Wildman–Crippen MR) is 254 cm³/mol. The molecule has 0 unspecified atom stereocenters. The predicted octanol–water partition coefficient (Wildman–Crippen LogP) is 15.2. The first-order chi connectivity index (χ1) is 30.2. The summed E-state index contributed by atoms with van der Waals surface area (Å²) in [6.07, 6.45) is 0. The average molecular weight is 778 g/mol. The monoisotopic (exact) mass is 777 g/mol. The molecule has 286 valence electrons. The quantitative estimate of drug-likeness (QED) is 0.154. The molecule has 0 aliphatic rings. The van der Waals surface area contributed by atoms with Crippen molar-refractivity contribution in [2.45, 2.75) is 0 Å². The van der Waals surface area contributed by atoms with Crippen LogP contribution in [0.3, 0.4) is 0 Å². The number of rotatable bonds is 8. The van der Waals surface area contributed by atoms with Crippen LogP contribution in [0.15, 0.2) is 237 Å². The molecule has 0 radical (unpaired) electrons. The van der Waals surface area contributed by atoms with Crippen LogP contribution in [0.2, 0.25) is 0 Å². The average Bonchev–Trinajstić information content (AvgIpc) is 3.69. The first kappa shape index (κ1) is 36.0. The molecule has 3 heteroatoms. The van der Waals surface area contributed by atoms with E-state index in [1.54, 1.807) is 0 Å². The maximum absolute atomic E-state index is 5.22. The molecule has 0 saturated heterocycles. The summed E-state index contributed by atoms with van der Waals surface area (Å²) in [6.45, 7) is 0. The number of para-hydroxylation sites is 2. The van der Waals surface area contributed by atoms with Gasteiger partial charge in [0.25, 0.3) is 0 Å². The Morgan fingerprint density at radius 1 is 0.246 bits per heavy atom. The fourth-order valence-corrected chi connectivity index (χ4v) is 8.52. The molecule has 0 fully saturated rings. The van der Waals surface area contributed by atoms with Gasteiger partial charge in [0.05, 0.1) is 22.4 Å². The lowest BCUT2D eigenvalue weighted by Gasteiger charge is -2.14. The summed E-state index contributed by atoms with van der Waals surface area (Å²) in [5, 5.41) is 2.53. The number of aromatic nitrogens is 3. The van der Waals surface area contributed by atoms with Gasteiger partial charge in [-0.3, -0.25) is 0 Å². The molecule has 11 rings (SSSR count). The fourth-order valence-electron chi connectivity index (χ4n) is 8.52. The highest BCUT2D eigenvalue weighted by atomic mass is 15.0. The molecule has 0 amide bonds. The highest BCUT2D eigenvalue weighted by Gasteiger charge is 2.15. The summed E-state index contributed by atoms with van der Waals surface area (Å²) in [6, 6.07) is 84.1. The smallest absolute Gasteiger partial charge is 0.160 e. The van der Waals surface area contributed by atoms with Crippen LogP contribution in [0, 0.1) is 0 Å². The molecular formula is C58H39N3. The van der Waals surface area contributed by atoms with E-state index >= 15 is 0 Å². The number of nitrogens with zero attached hydrogens (tertiary/aromatic N) is 3. The van der Waals surface area contributed by atoms with Gasteiger partial charge in [-0.25, -0.2) is 9.97 Å². The van der Waals surface area contributed by atoms with E-state index in [9.17, 15) is 0 Å². The van der Waals surface area contributed by atoms with E-state index in [1.807, 2.05) is 24.3 Å². The Morgan fingerprint density at radius 3 is 1.08 bits per heavy atom. The molecule has 2 heterocycles. The molecule has 0 bridgehead atoms. The Bertz CT molecular complexity index is 3190. The number of hydrogen-bond donors (Lipinski definition) is 0. The number of fused-ring (bicyclic) bond motifs is 3. The maximum atomic E-state index is 5.22. The maximum Gasteiger partial charge on any atom is 0.160 e. The van der Waals surface area contributed by atoms with Crippen molar-refractivity contribution in [1.29, 1.82) is 0 Å². The van der Waals surface area contributed by atoms with Gasteiger partial charge in [-0.1, -0.05) is 188 Å². The molecule has 61 heavy (non-hydrogen) atoms. The molecule has 3 nitrogen and oxygen atoms in total. The lowest BCUT2D eigenvalue weighted by Crippen LogP contribution is -1.96. The Hall–Kier alpha value is -8.14. The van der Waals surface area contributed by atoms with Gasteiger partial charge in [-0.2, -0.15) is 0 Å². The summed E-state index contributed by atoms with van der Waals surface area (Å²) in [4.78, 5) is 10.3. The van der Waals surface area contributed by atoms with Crippen molar-refractivity contribution in [2.75, 3.05) is 0 Å². The van der Waals surface area contributed by atoms with Crippen LogP contribution < -0.4 is 0 Å². The normalized spacial score (nSPS) is 11.3. The van der Waals surface area contributed by atoms with Crippen molar-refractivity contribution < 1.29 is 0 Å². The van der Waals surface area contributed by atoms with Crippen LogP contribution in [0.4, 0.5) is 0 Å². The zero-order valence-electron chi connectivity index (χ0n) is 33.4.